The second-order valence-electron chi connectivity index (χ2n) is 4.84. The minimum absolute atomic E-state index is 0.195. The first kappa shape index (κ1) is 17.4. The maximum Gasteiger partial charge on any atom is 0.323 e. The highest BCUT2D eigenvalue weighted by molar-refractivity contribution is 7.85. The van der Waals surface area contributed by atoms with Crippen molar-refractivity contribution in [3.63, 3.8) is 0 Å². The largest absolute Gasteiger partial charge is 0.326 e. The molecule has 0 radical (unpaired) electrons. The Labute approximate surface area is 138 Å². The summed E-state index contributed by atoms with van der Waals surface area (Å²) in [7, 11) is -4.35. The predicted molar refractivity (Wildman–Crippen MR) is 89.6 cm³/mol. The molecule has 2 aromatic carbocycles. The number of rotatable bonds is 4. The van der Waals surface area contributed by atoms with Crippen LogP contribution in [0.3, 0.4) is 0 Å². The molecule has 8 nitrogen and oxygen atoms in total. The molecular weight excluding hydrogens is 334 g/mol. The van der Waals surface area contributed by atoms with Crippen molar-refractivity contribution in [2.45, 2.75) is 11.8 Å². The molecule has 0 saturated carbocycles. The van der Waals surface area contributed by atoms with Crippen LogP contribution in [0.1, 0.15) is 6.92 Å². The molecule has 0 heterocycles. The lowest BCUT2D eigenvalue weighted by molar-refractivity contribution is -0.114. The van der Waals surface area contributed by atoms with Gasteiger partial charge in [0.05, 0.1) is 4.90 Å². The molecule has 2 aromatic rings. The molecule has 0 aliphatic rings. The van der Waals surface area contributed by atoms with Crippen LogP contribution in [0.15, 0.2) is 53.4 Å². The van der Waals surface area contributed by atoms with Crippen LogP contribution in [0.5, 0.6) is 0 Å². The summed E-state index contributed by atoms with van der Waals surface area (Å²) in [5.74, 6) is -0.237. The van der Waals surface area contributed by atoms with E-state index in [9.17, 15) is 18.0 Å². The van der Waals surface area contributed by atoms with Gasteiger partial charge in [-0.3, -0.25) is 9.35 Å². The van der Waals surface area contributed by atoms with E-state index in [-0.39, 0.29) is 16.5 Å². The van der Waals surface area contributed by atoms with Crippen LogP contribution in [0.25, 0.3) is 0 Å². The maximum absolute atomic E-state index is 12.0. The van der Waals surface area contributed by atoms with E-state index in [1.165, 1.54) is 25.1 Å². The zero-order chi connectivity index (χ0) is 17.7. The molecular formula is C15H15N3O5S. The SMILES string of the molecule is CC(=O)Nc1cccc(NC(=O)Nc2cccc(S(=O)(=O)O)c2)c1. The van der Waals surface area contributed by atoms with Gasteiger partial charge in [-0.2, -0.15) is 8.42 Å². The third kappa shape index (κ3) is 5.07. The molecule has 0 atom stereocenters. The van der Waals surface area contributed by atoms with E-state index < -0.39 is 16.1 Å². The van der Waals surface area contributed by atoms with Crippen molar-refractivity contribution in [2.24, 2.45) is 0 Å². The number of nitrogens with one attached hydrogen (secondary N) is 3. The summed E-state index contributed by atoms with van der Waals surface area (Å²) in [6.45, 7) is 1.37. The normalized spacial score (nSPS) is 10.8. The first-order valence-corrected chi connectivity index (χ1v) is 8.21. The number of hydrogen-bond donors (Lipinski definition) is 4. The van der Waals surface area contributed by atoms with Gasteiger partial charge in [-0.05, 0) is 36.4 Å². The van der Waals surface area contributed by atoms with Gasteiger partial charge < -0.3 is 16.0 Å². The number of benzene rings is 2. The Kier molecular flexibility index (Phi) is 5.17. The van der Waals surface area contributed by atoms with E-state index in [0.29, 0.717) is 11.4 Å². The van der Waals surface area contributed by atoms with E-state index >= 15 is 0 Å². The number of hydrogen-bond acceptors (Lipinski definition) is 4. The van der Waals surface area contributed by atoms with Crippen molar-refractivity contribution in [1.29, 1.82) is 0 Å². The monoisotopic (exact) mass is 349 g/mol. The molecule has 126 valence electrons. The Morgan fingerprint density at radius 1 is 0.875 bits per heavy atom. The van der Waals surface area contributed by atoms with Crippen LogP contribution in [-0.4, -0.2) is 24.9 Å². The smallest absolute Gasteiger partial charge is 0.323 e. The van der Waals surface area contributed by atoms with Gasteiger partial charge in [0.2, 0.25) is 5.91 Å². The van der Waals surface area contributed by atoms with Crippen molar-refractivity contribution >= 4 is 39.1 Å². The van der Waals surface area contributed by atoms with Gasteiger partial charge in [-0.25, -0.2) is 4.79 Å². The highest BCUT2D eigenvalue weighted by atomic mass is 32.2. The van der Waals surface area contributed by atoms with Gasteiger partial charge in [-0.1, -0.05) is 12.1 Å². The predicted octanol–water partition coefficient (Wildman–Crippen LogP) is 2.54. The van der Waals surface area contributed by atoms with Crippen molar-refractivity contribution in [3.8, 4) is 0 Å². The summed E-state index contributed by atoms with van der Waals surface area (Å²) in [4.78, 5) is 22.6. The van der Waals surface area contributed by atoms with Crippen LogP contribution in [0.4, 0.5) is 21.9 Å². The number of urea groups is 1. The standard InChI is InChI=1S/C15H15N3O5S/c1-10(19)16-11-4-2-5-12(8-11)17-15(20)18-13-6-3-7-14(9-13)24(21,22)23/h2-9H,1H3,(H,16,19)(H2,17,18,20)(H,21,22,23). The maximum atomic E-state index is 12.0. The molecule has 0 spiro atoms. The van der Waals surface area contributed by atoms with E-state index in [1.807, 2.05) is 0 Å². The average Bonchev–Trinajstić information content (AvgIpc) is 2.46. The molecule has 0 unspecified atom stereocenters. The summed E-state index contributed by atoms with van der Waals surface area (Å²) in [6, 6.07) is 11.1. The minimum atomic E-state index is -4.35. The molecule has 2 rings (SSSR count). The lowest BCUT2D eigenvalue weighted by Crippen LogP contribution is -2.19. The minimum Gasteiger partial charge on any atom is -0.326 e. The quantitative estimate of drug-likeness (QED) is 0.631. The topological polar surface area (TPSA) is 125 Å². The van der Waals surface area contributed by atoms with Crippen molar-refractivity contribution in [3.05, 3.63) is 48.5 Å². The Hall–Kier alpha value is -2.91. The fourth-order valence-corrected chi connectivity index (χ4v) is 2.43. The first-order valence-electron chi connectivity index (χ1n) is 6.77. The zero-order valence-corrected chi connectivity index (χ0v) is 13.4. The Bertz CT molecular complexity index is 880. The molecule has 3 amide bonds. The summed E-state index contributed by atoms with van der Waals surface area (Å²) < 4.78 is 31.2. The van der Waals surface area contributed by atoms with Crippen LogP contribution < -0.4 is 16.0 Å². The van der Waals surface area contributed by atoms with Crippen LogP contribution in [-0.2, 0) is 14.9 Å². The third-order valence-electron chi connectivity index (χ3n) is 2.83. The Morgan fingerprint density at radius 2 is 1.38 bits per heavy atom. The van der Waals surface area contributed by atoms with Gasteiger partial charge in [0.15, 0.2) is 0 Å². The fourth-order valence-electron chi connectivity index (χ4n) is 1.91. The lowest BCUT2D eigenvalue weighted by Gasteiger charge is -2.10. The van der Waals surface area contributed by atoms with Gasteiger partial charge in [0.1, 0.15) is 0 Å². The molecule has 4 N–H and O–H groups in total. The van der Waals surface area contributed by atoms with E-state index in [4.69, 9.17) is 4.55 Å². The second kappa shape index (κ2) is 7.11. The van der Waals surface area contributed by atoms with Crippen molar-refractivity contribution < 1.29 is 22.6 Å². The van der Waals surface area contributed by atoms with E-state index in [1.54, 1.807) is 24.3 Å². The molecule has 0 aliphatic carbocycles. The van der Waals surface area contributed by atoms with Gasteiger partial charge >= 0.3 is 6.03 Å². The molecule has 0 aliphatic heterocycles. The molecule has 24 heavy (non-hydrogen) atoms. The number of anilines is 3. The van der Waals surface area contributed by atoms with Crippen LogP contribution in [0, 0.1) is 0 Å². The summed E-state index contributed by atoms with van der Waals surface area (Å²) in [6.07, 6.45) is 0. The summed E-state index contributed by atoms with van der Waals surface area (Å²) >= 11 is 0. The summed E-state index contributed by atoms with van der Waals surface area (Å²) in [5.41, 5.74) is 1.15. The lowest BCUT2D eigenvalue weighted by atomic mass is 10.2. The highest BCUT2D eigenvalue weighted by Crippen LogP contribution is 2.17. The zero-order valence-electron chi connectivity index (χ0n) is 12.6. The summed E-state index contributed by atoms with van der Waals surface area (Å²) in [5, 5.41) is 7.59. The molecule has 0 saturated heterocycles. The molecule has 0 fully saturated rings. The highest BCUT2D eigenvalue weighted by Gasteiger charge is 2.11. The Morgan fingerprint density at radius 3 is 1.92 bits per heavy atom. The second-order valence-corrected chi connectivity index (χ2v) is 6.27. The van der Waals surface area contributed by atoms with Gasteiger partial charge in [0.25, 0.3) is 10.1 Å². The van der Waals surface area contributed by atoms with Gasteiger partial charge in [-0.15, -0.1) is 0 Å². The van der Waals surface area contributed by atoms with E-state index in [0.717, 1.165) is 6.07 Å². The average molecular weight is 349 g/mol. The Balaban J connectivity index is 2.07. The first-order chi connectivity index (χ1) is 11.2. The van der Waals surface area contributed by atoms with Crippen LogP contribution >= 0.6 is 0 Å². The van der Waals surface area contributed by atoms with E-state index in [2.05, 4.69) is 16.0 Å². The van der Waals surface area contributed by atoms with Crippen molar-refractivity contribution in [1.82, 2.24) is 0 Å². The fraction of sp³-hybridized carbons (Fsp3) is 0.0667. The third-order valence-corrected chi connectivity index (χ3v) is 3.68. The number of carbonyl (C=O) groups excluding carboxylic acids is 2. The number of carbonyl (C=O) groups is 2. The van der Waals surface area contributed by atoms with Crippen molar-refractivity contribution in [2.75, 3.05) is 16.0 Å². The van der Waals surface area contributed by atoms with Gasteiger partial charge in [0, 0.05) is 24.0 Å². The number of amides is 3. The van der Waals surface area contributed by atoms with Crippen LogP contribution in [0.2, 0.25) is 0 Å². The molecule has 9 heteroatoms. The molecule has 0 aromatic heterocycles. The molecule has 0 bridgehead atoms.